The zero-order chi connectivity index (χ0) is 13.8. The van der Waals surface area contributed by atoms with E-state index in [1.54, 1.807) is 18.3 Å². The lowest BCUT2D eigenvalue weighted by Gasteiger charge is -2.35. The van der Waals surface area contributed by atoms with E-state index in [9.17, 15) is 9.90 Å². The van der Waals surface area contributed by atoms with Gasteiger partial charge in [-0.25, -0.2) is 9.78 Å². The average molecular weight is 262 g/mol. The topological polar surface area (TPSA) is 62.2 Å². The maximum Gasteiger partial charge on any atom is 0.339 e. The molecule has 0 aliphatic heterocycles. The number of anilines is 1. The van der Waals surface area contributed by atoms with E-state index < -0.39 is 5.97 Å². The molecule has 0 saturated heterocycles. The Bertz CT molecular complexity index is 446. The predicted octanol–water partition coefficient (Wildman–Crippen LogP) is 3.41. The smallest absolute Gasteiger partial charge is 0.339 e. The number of hydrogen-bond acceptors (Lipinski definition) is 3. The summed E-state index contributed by atoms with van der Waals surface area (Å²) in [4.78, 5) is 15.4. The SMILES string of the molecule is CC(C)C1CCCCC1Nc1ncccc1C(=O)O. The molecule has 0 spiro atoms. The second-order valence-corrected chi connectivity index (χ2v) is 5.65. The van der Waals surface area contributed by atoms with Gasteiger partial charge in [0.1, 0.15) is 11.4 Å². The molecule has 0 amide bonds. The van der Waals surface area contributed by atoms with Gasteiger partial charge in [-0.15, -0.1) is 0 Å². The van der Waals surface area contributed by atoms with Crippen LogP contribution in [0.3, 0.4) is 0 Å². The summed E-state index contributed by atoms with van der Waals surface area (Å²) in [5.41, 5.74) is 0.260. The second kappa shape index (κ2) is 6.04. The molecule has 1 heterocycles. The highest BCUT2D eigenvalue weighted by Gasteiger charge is 2.28. The molecule has 4 nitrogen and oxygen atoms in total. The highest BCUT2D eigenvalue weighted by atomic mass is 16.4. The molecule has 0 bridgehead atoms. The molecular formula is C15H22N2O2. The molecule has 2 rings (SSSR count). The van der Waals surface area contributed by atoms with Gasteiger partial charge in [0, 0.05) is 12.2 Å². The van der Waals surface area contributed by atoms with E-state index in [0.29, 0.717) is 23.7 Å². The summed E-state index contributed by atoms with van der Waals surface area (Å²) in [5, 5.41) is 12.6. The lowest BCUT2D eigenvalue weighted by atomic mass is 9.78. The number of nitrogens with zero attached hydrogens (tertiary/aromatic N) is 1. The van der Waals surface area contributed by atoms with Crippen molar-refractivity contribution in [3.63, 3.8) is 0 Å². The zero-order valence-electron chi connectivity index (χ0n) is 11.6. The number of pyridine rings is 1. The minimum Gasteiger partial charge on any atom is -0.478 e. The van der Waals surface area contributed by atoms with Crippen molar-refractivity contribution >= 4 is 11.8 Å². The Morgan fingerprint density at radius 2 is 2.16 bits per heavy atom. The molecule has 0 aromatic carbocycles. The van der Waals surface area contributed by atoms with Crippen LogP contribution >= 0.6 is 0 Å². The summed E-state index contributed by atoms with van der Waals surface area (Å²) in [5.74, 6) is 0.784. The van der Waals surface area contributed by atoms with E-state index in [1.165, 1.54) is 19.3 Å². The van der Waals surface area contributed by atoms with Gasteiger partial charge in [0.2, 0.25) is 0 Å². The predicted molar refractivity (Wildman–Crippen MR) is 75.4 cm³/mol. The van der Waals surface area contributed by atoms with E-state index in [1.807, 2.05) is 0 Å². The van der Waals surface area contributed by atoms with E-state index in [-0.39, 0.29) is 5.56 Å². The van der Waals surface area contributed by atoms with Gasteiger partial charge in [0.25, 0.3) is 0 Å². The highest BCUT2D eigenvalue weighted by Crippen LogP contribution is 2.32. The van der Waals surface area contributed by atoms with Gasteiger partial charge in [0.05, 0.1) is 0 Å². The molecule has 2 N–H and O–H groups in total. The second-order valence-electron chi connectivity index (χ2n) is 5.65. The molecule has 19 heavy (non-hydrogen) atoms. The Morgan fingerprint density at radius 3 is 2.84 bits per heavy atom. The van der Waals surface area contributed by atoms with Crippen molar-refractivity contribution in [2.24, 2.45) is 11.8 Å². The number of aromatic carboxylic acids is 1. The third kappa shape index (κ3) is 3.25. The summed E-state index contributed by atoms with van der Waals surface area (Å²) in [6.07, 6.45) is 6.43. The summed E-state index contributed by atoms with van der Waals surface area (Å²) < 4.78 is 0. The van der Waals surface area contributed by atoms with Crippen LogP contribution in [0.2, 0.25) is 0 Å². The number of aromatic nitrogens is 1. The quantitative estimate of drug-likeness (QED) is 0.873. The minimum absolute atomic E-state index is 0.260. The van der Waals surface area contributed by atoms with Crippen LogP contribution in [0, 0.1) is 11.8 Å². The fourth-order valence-corrected chi connectivity index (χ4v) is 3.01. The molecule has 1 aromatic rings. The lowest BCUT2D eigenvalue weighted by Crippen LogP contribution is -2.36. The lowest BCUT2D eigenvalue weighted by molar-refractivity contribution is 0.0697. The van der Waals surface area contributed by atoms with Crippen LogP contribution in [0.5, 0.6) is 0 Å². The first-order valence-corrected chi connectivity index (χ1v) is 7.04. The van der Waals surface area contributed by atoms with Crippen molar-refractivity contribution in [1.29, 1.82) is 0 Å². The van der Waals surface area contributed by atoms with Crippen molar-refractivity contribution in [3.8, 4) is 0 Å². The molecule has 1 fully saturated rings. The van der Waals surface area contributed by atoms with Crippen molar-refractivity contribution in [1.82, 2.24) is 4.98 Å². The molecule has 2 unspecified atom stereocenters. The average Bonchev–Trinajstić information content (AvgIpc) is 2.39. The first kappa shape index (κ1) is 13.8. The van der Waals surface area contributed by atoms with Crippen LogP contribution in [0.4, 0.5) is 5.82 Å². The monoisotopic (exact) mass is 262 g/mol. The van der Waals surface area contributed by atoms with Crippen LogP contribution in [-0.2, 0) is 0 Å². The molecule has 1 aliphatic rings. The Labute approximate surface area is 114 Å². The van der Waals surface area contributed by atoms with Crippen LogP contribution in [-0.4, -0.2) is 22.1 Å². The van der Waals surface area contributed by atoms with Gasteiger partial charge in [-0.3, -0.25) is 0 Å². The maximum atomic E-state index is 11.2. The van der Waals surface area contributed by atoms with Crippen LogP contribution in [0.25, 0.3) is 0 Å². The van der Waals surface area contributed by atoms with Crippen molar-refractivity contribution in [2.45, 2.75) is 45.6 Å². The van der Waals surface area contributed by atoms with Crippen molar-refractivity contribution < 1.29 is 9.90 Å². The van der Waals surface area contributed by atoms with E-state index in [0.717, 1.165) is 6.42 Å². The van der Waals surface area contributed by atoms with E-state index >= 15 is 0 Å². The van der Waals surface area contributed by atoms with E-state index in [4.69, 9.17) is 0 Å². The summed E-state index contributed by atoms with van der Waals surface area (Å²) in [6, 6.07) is 3.60. The fourth-order valence-electron chi connectivity index (χ4n) is 3.01. The summed E-state index contributed by atoms with van der Waals surface area (Å²) in [6.45, 7) is 4.47. The van der Waals surface area contributed by atoms with Gasteiger partial charge in [-0.05, 0) is 36.8 Å². The minimum atomic E-state index is -0.924. The maximum absolute atomic E-state index is 11.2. The third-order valence-electron chi connectivity index (χ3n) is 4.04. The molecule has 1 aromatic heterocycles. The molecular weight excluding hydrogens is 240 g/mol. The third-order valence-corrected chi connectivity index (χ3v) is 4.04. The first-order valence-electron chi connectivity index (χ1n) is 7.04. The molecule has 4 heteroatoms. The highest BCUT2D eigenvalue weighted by molar-refractivity contribution is 5.93. The number of hydrogen-bond donors (Lipinski definition) is 2. The Hall–Kier alpha value is -1.58. The Morgan fingerprint density at radius 1 is 1.42 bits per heavy atom. The van der Waals surface area contributed by atoms with Crippen LogP contribution in [0.15, 0.2) is 18.3 Å². The normalized spacial score (nSPS) is 23.3. The van der Waals surface area contributed by atoms with Crippen molar-refractivity contribution in [2.75, 3.05) is 5.32 Å². The summed E-state index contributed by atoms with van der Waals surface area (Å²) in [7, 11) is 0. The number of carboxylic acids is 1. The molecule has 1 aliphatic carbocycles. The van der Waals surface area contributed by atoms with Crippen molar-refractivity contribution in [3.05, 3.63) is 23.9 Å². The Kier molecular flexibility index (Phi) is 4.40. The molecule has 1 saturated carbocycles. The number of rotatable bonds is 4. The molecule has 104 valence electrons. The first-order chi connectivity index (χ1) is 9.09. The number of carboxylic acid groups (broad SMARTS) is 1. The zero-order valence-corrected chi connectivity index (χ0v) is 11.6. The molecule has 0 radical (unpaired) electrons. The van der Waals surface area contributed by atoms with Gasteiger partial charge in [-0.1, -0.05) is 26.7 Å². The Balaban J connectivity index is 2.17. The van der Waals surface area contributed by atoms with Gasteiger partial charge in [-0.2, -0.15) is 0 Å². The number of nitrogens with one attached hydrogen (secondary N) is 1. The van der Waals surface area contributed by atoms with Gasteiger partial charge in [0.15, 0.2) is 0 Å². The summed E-state index contributed by atoms with van der Waals surface area (Å²) >= 11 is 0. The molecule has 2 atom stereocenters. The van der Waals surface area contributed by atoms with Gasteiger partial charge < -0.3 is 10.4 Å². The van der Waals surface area contributed by atoms with Crippen LogP contribution in [0.1, 0.15) is 49.9 Å². The van der Waals surface area contributed by atoms with Crippen LogP contribution < -0.4 is 5.32 Å². The number of carbonyl (C=O) groups is 1. The standard InChI is InChI=1S/C15H22N2O2/c1-10(2)11-6-3-4-8-13(11)17-14-12(15(18)19)7-5-9-16-14/h5,7,9-11,13H,3-4,6,8H2,1-2H3,(H,16,17)(H,18,19). The van der Waals surface area contributed by atoms with E-state index in [2.05, 4.69) is 24.1 Å². The van der Waals surface area contributed by atoms with Gasteiger partial charge >= 0.3 is 5.97 Å². The largest absolute Gasteiger partial charge is 0.478 e. The fraction of sp³-hybridized carbons (Fsp3) is 0.600.